The number of hydrogen-bond acceptors (Lipinski definition) is 8. The summed E-state index contributed by atoms with van der Waals surface area (Å²) < 4.78 is 11.4. The van der Waals surface area contributed by atoms with Gasteiger partial charge in [-0.2, -0.15) is 10.1 Å². The van der Waals surface area contributed by atoms with Crippen molar-refractivity contribution in [2.45, 2.75) is 38.1 Å². The molecule has 4 aromatic rings. The molecule has 48 heavy (non-hydrogen) atoms. The molecule has 12 heteroatoms. The number of benzene rings is 4. The maximum atomic E-state index is 11.8. The van der Waals surface area contributed by atoms with Gasteiger partial charge >= 0.3 is 24.0 Å². The fourth-order valence-electron chi connectivity index (χ4n) is 4.74. The number of rotatable bonds is 10. The SMILES string of the molecule is CN1OC(=O)[C@H](Cc2ccc(OCc3ccccc3)cc2)NC1=O.CN1OC(=O)[C@H](Cc2ccc(OCc3ccccc3)cc2)NC1=O. The molecule has 4 amide bonds. The third-order valence-electron chi connectivity index (χ3n) is 7.41. The van der Waals surface area contributed by atoms with E-state index in [1.807, 2.05) is 109 Å². The minimum absolute atomic E-state index is 0.372. The number of ether oxygens (including phenoxy) is 2. The van der Waals surface area contributed by atoms with Crippen LogP contribution in [0.1, 0.15) is 22.3 Å². The lowest BCUT2D eigenvalue weighted by Crippen LogP contribution is -2.55. The van der Waals surface area contributed by atoms with E-state index in [0.29, 0.717) is 26.1 Å². The average Bonchev–Trinajstić information content (AvgIpc) is 3.10. The molecule has 0 spiro atoms. The predicted octanol–water partition coefficient (Wildman–Crippen LogP) is 4.58. The number of carbonyl (C=O) groups is 4. The lowest BCUT2D eigenvalue weighted by Gasteiger charge is -2.28. The Morgan fingerprint density at radius 2 is 0.875 bits per heavy atom. The third kappa shape index (κ3) is 9.49. The largest absolute Gasteiger partial charge is 0.489 e. The number of amides is 4. The van der Waals surface area contributed by atoms with Gasteiger partial charge in [-0.05, 0) is 46.5 Å². The minimum Gasteiger partial charge on any atom is -0.489 e. The van der Waals surface area contributed by atoms with Crippen molar-refractivity contribution in [1.82, 2.24) is 20.8 Å². The van der Waals surface area contributed by atoms with E-state index < -0.39 is 36.1 Å². The normalized spacial score (nSPS) is 17.2. The van der Waals surface area contributed by atoms with E-state index in [2.05, 4.69) is 10.6 Å². The van der Waals surface area contributed by atoms with Gasteiger partial charge in [0, 0.05) is 12.8 Å². The summed E-state index contributed by atoms with van der Waals surface area (Å²) in [5, 5.41) is 6.99. The molecule has 0 bridgehead atoms. The number of carbonyl (C=O) groups excluding carboxylic acids is 4. The molecule has 4 aromatic carbocycles. The fourth-order valence-corrected chi connectivity index (χ4v) is 4.74. The molecule has 0 aromatic heterocycles. The van der Waals surface area contributed by atoms with E-state index in [9.17, 15) is 19.2 Å². The number of hydrogen-bond donors (Lipinski definition) is 2. The van der Waals surface area contributed by atoms with Gasteiger partial charge in [0.15, 0.2) is 0 Å². The Morgan fingerprint density at radius 3 is 1.23 bits per heavy atom. The highest BCUT2D eigenvalue weighted by Gasteiger charge is 2.33. The lowest BCUT2D eigenvalue weighted by atomic mass is 10.1. The van der Waals surface area contributed by atoms with Crippen molar-refractivity contribution in [1.29, 1.82) is 0 Å². The van der Waals surface area contributed by atoms with Gasteiger partial charge in [0.2, 0.25) is 0 Å². The Kier molecular flexibility index (Phi) is 11.1. The zero-order chi connectivity index (χ0) is 33.9. The Bertz CT molecular complexity index is 1560. The second kappa shape index (κ2) is 16.0. The van der Waals surface area contributed by atoms with E-state index in [1.54, 1.807) is 0 Å². The summed E-state index contributed by atoms with van der Waals surface area (Å²) in [6.07, 6.45) is 0.745. The van der Waals surface area contributed by atoms with Gasteiger partial charge in [-0.1, -0.05) is 84.9 Å². The molecule has 0 unspecified atom stereocenters. The summed E-state index contributed by atoms with van der Waals surface area (Å²) in [7, 11) is 2.78. The van der Waals surface area contributed by atoms with E-state index in [-0.39, 0.29) is 0 Å². The molecule has 2 fully saturated rings. The fraction of sp³-hybridized carbons (Fsp3) is 0.222. The molecule has 2 N–H and O–H groups in total. The van der Waals surface area contributed by atoms with Crippen molar-refractivity contribution in [3.63, 3.8) is 0 Å². The summed E-state index contributed by atoms with van der Waals surface area (Å²) in [6.45, 7) is 0.995. The number of hydroxylamine groups is 4. The standard InChI is InChI=1S/2C18H18N2O4/c2*1-20-18(22)19-16(17(21)24-20)11-13-7-9-15(10-8-13)23-12-14-5-3-2-4-6-14/h2*2-10,16H,11-12H2,1H3,(H,19,22)/t2*16-/m00/s1. The van der Waals surface area contributed by atoms with Crippen molar-refractivity contribution in [2.75, 3.05) is 14.1 Å². The van der Waals surface area contributed by atoms with Crippen molar-refractivity contribution < 1.29 is 38.3 Å². The molecule has 2 aliphatic rings. The van der Waals surface area contributed by atoms with Gasteiger partial charge in [-0.15, -0.1) is 0 Å². The zero-order valence-corrected chi connectivity index (χ0v) is 26.5. The Morgan fingerprint density at radius 1 is 0.521 bits per heavy atom. The second-order valence-corrected chi connectivity index (χ2v) is 11.1. The van der Waals surface area contributed by atoms with E-state index in [1.165, 1.54) is 14.1 Å². The van der Waals surface area contributed by atoms with Crippen LogP contribution >= 0.6 is 0 Å². The van der Waals surface area contributed by atoms with Crippen LogP contribution in [0, 0.1) is 0 Å². The Balaban J connectivity index is 0.000000188. The van der Waals surface area contributed by atoms with E-state index in [4.69, 9.17) is 19.1 Å². The van der Waals surface area contributed by atoms with Crippen LogP contribution in [0.4, 0.5) is 9.59 Å². The second-order valence-electron chi connectivity index (χ2n) is 11.1. The van der Waals surface area contributed by atoms with Crippen molar-refractivity contribution >= 4 is 24.0 Å². The molecule has 2 atom stereocenters. The average molecular weight is 653 g/mol. The maximum Gasteiger partial charge on any atom is 0.355 e. The van der Waals surface area contributed by atoms with E-state index in [0.717, 1.165) is 43.9 Å². The smallest absolute Gasteiger partial charge is 0.355 e. The molecule has 2 heterocycles. The molecule has 2 saturated heterocycles. The third-order valence-corrected chi connectivity index (χ3v) is 7.41. The van der Waals surface area contributed by atoms with Crippen LogP contribution in [-0.2, 0) is 45.3 Å². The molecule has 2 aliphatic heterocycles. The van der Waals surface area contributed by atoms with Crippen molar-refractivity contribution in [2.24, 2.45) is 0 Å². The van der Waals surface area contributed by atoms with Crippen molar-refractivity contribution in [3.8, 4) is 11.5 Å². The Hall–Kier alpha value is -6.04. The summed E-state index contributed by atoms with van der Waals surface area (Å²) in [6, 6.07) is 32.5. The van der Waals surface area contributed by atoms with Crippen LogP contribution in [0.2, 0.25) is 0 Å². The molecule has 0 saturated carbocycles. The van der Waals surface area contributed by atoms with Crippen LogP contribution in [0.5, 0.6) is 11.5 Å². The molecular formula is C36H36N4O8. The van der Waals surface area contributed by atoms with Gasteiger partial charge in [-0.25, -0.2) is 19.2 Å². The number of nitrogens with one attached hydrogen (secondary N) is 2. The number of nitrogens with zero attached hydrogens (tertiary/aromatic N) is 2. The first kappa shape index (κ1) is 33.3. The summed E-state index contributed by atoms with van der Waals surface area (Å²) in [4.78, 5) is 56.3. The highest BCUT2D eigenvalue weighted by molar-refractivity contribution is 5.88. The molecule has 248 valence electrons. The lowest BCUT2D eigenvalue weighted by molar-refractivity contribution is -0.181. The van der Waals surface area contributed by atoms with Crippen LogP contribution < -0.4 is 20.1 Å². The highest BCUT2D eigenvalue weighted by atomic mass is 16.7. The first-order valence-electron chi connectivity index (χ1n) is 15.3. The summed E-state index contributed by atoms with van der Waals surface area (Å²) >= 11 is 0. The molecule has 0 aliphatic carbocycles. The molecule has 12 nitrogen and oxygen atoms in total. The first-order chi connectivity index (χ1) is 23.2. The van der Waals surface area contributed by atoms with Gasteiger partial charge in [0.25, 0.3) is 0 Å². The minimum atomic E-state index is -0.676. The van der Waals surface area contributed by atoms with Gasteiger partial charge in [0.1, 0.15) is 36.8 Å². The maximum absolute atomic E-state index is 11.8. The topological polar surface area (TPSA) is 136 Å². The molecule has 0 radical (unpaired) electrons. The van der Waals surface area contributed by atoms with Gasteiger partial charge in [0.05, 0.1) is 14.1 Å². The highest BCUT2D eigenvalue weighted by Crippen LogP contribution is 2.18. The van der Waals surface area contributed by atoms with Crippen LogP contribution in [0.15, 0.2) is 109 Å². The number of urea groups is 2. The summed E-state index contributed by atoms with van der Waals surface area (Å²) in [5.41, 5.74) is 4.01. The first-order valence-corrected chi connectivity index (χ1v) is 15.3. The van der Waals surface area contributed by atoms with Crippen molar-refractivity contribution in [3.05, 3.63) is 131 Å². The van der Waals surface area contributed by atoms with Crippen LogP contribution in [0.25, 0.3) is 0 Å². The summed E-state index contributed by atoms with van der Waals surface area (Å²) in [5.74, 6) is 0.554. The van der Waals surface area contributed by atoms with Crippen LogP contribution in [-0.4, -0.2) is 60.3 Å². The predicted molar refractivity (Wildman–Crippen MR) is 174 cm³/mol. The monoisotopic (exact) mass is 652 g/mol. The van der Waals surface area contributed by atoms with E-state index >= 15 is 0 Å². The van der Waals surface area contributed by atoms with Crippen LogP contribution in [0.3, 0.4) is 0 Å². The molecule has 6 rings (SSSR count). The van der Waals surface area contributed by atoms with Gasteiger partial charge < -0.3 is 29.8 Å². The Labute approximate surface area is 278 Å². The van der Waals surface area contributed by atoms with Gasteiger partial charge in [-0.3, -0.25) is 0 Å². The molecular weight excluding hydrogens is 616 g/mol. The zero-order valence-electron chi connectivity index (χ0n) is 26.5. The quantitative estimate of drug-likeness (QED) is 0.254.